The summed E-state index contributed by atoms with van der Waals surface area (Å²) in [5.74, 6) is 0.0158. The molecule has 39 heavy (non-hydrogen) atoms. The normalized spacial score (nSPS) is 13.3. The van der Waals surface area contributed by atoms with Gasteiger partial charge in [-0.25, -0.2) is 19.4 Å². The van der Waals surface area contributed by atoms with Crippen molar-refractivity contribution in [1.82, 2.24) is 39.4 Å². The van der Waals surface area contributed by atoms with E-state index in [1.807, 2.05) is 0 Å². The van der Waals surface area contributed by atoms with Crippen molar-refractivity contribution < 1.29 is 23.1 Å². The first kappa shape index (κ1) is 28.3. The molecular formula is C23H21Cl2F3N8O3. The van der Waals surface area contributed by atoms with Crippen molar-refractivity contribution in [3.63, 3.8) is 0 Å². The fourth-order valence-electron chi connectivity index (χ4n) is 3.71. The van der Waals surface area contributed by atoms with Gasteiger partial charge in [0.1, 0.15) is 6.54 Å². The van der Waals surface area contributed by atoms with Crippen LogP contribution in [-0.4, -0.2) is 57.4 Å². The number of aliphatic hydroxyl groups excluding tert-OH is 1. The van der Waals surface area contributed by atoms with Crippen molar-refractivity contribution >= 4 is 29.1 Å². The Hall–Kier alpha value is -3.75. The molecule has 0 radical (unpaired) electrons. The van der Waals surface area contributed by atoms with Gasteiger partial charge in [-0.1, -0.05) is 23.2 Å². The van der Waals surface area contributed by atoms with E-state index >= 15 is 0 Å². The Bertz CT molecular complexity index is 1550. The minimum Gasteiger partial charge on any atom is -0.382 e. The van der Waals surface area contributed by atoms with Gasteiger partial charge in [0, 0.05) is 23.7 Å². The summed E-state index contributed by atoms with van der Waals surface area (Å²) >= 11 is 12.2. The maximum atomic E-state index is 13.2. The van der Waals surface area contributed by atoms with Crippen molar-refractivity contribution in [1.29, 1.82) is 0 Å². The summed E-state index contributed by atoms with van der Waals surface area (Å²) in [6.45, 7) is 1.54. The Balaban J connectivity index is 1.79. The molecule has 0 aliphatic carbocycles. The molecule has 2 unspecified atom stereocenters. The van der Waals surface area contributed by atoms with Crippen LogP contribution in [-0.2, 0) is 17.9 Å². The standard InChI is InChI=1S/C23H21Cl2F3N8O3/c1-12(30-13(2)37)19-31-18(32-36(19)21-16(25)4-3-9-29-21)11-35-22(39)34(10-17(38)23(26,27)28)20(33-35)14-5-7-15(24)8-6-14/h3-9,12,17,38H,10-11H2,1-2H3,(H,30,37). The summed E-state index contributed by atoms with van der Waals surface area (Å²) in [7, 11) is 0. The van der Waals surface area contributed by atoms with Gasteiger partial charge in [0.2, 0.25) is 5.91 Å². The Morgan fingerprint density at radius 1 is 1.15 bits per heavy atom. The molecule has 3 aromatic heterocycles. The summed E-state index contributed by atoms with van der Waals surface area (Å²) < 4.78 is 42.3. The molecule has 16 heteroatoms. The molecule has 0 aliphatic rings. The molecule has 1 aromatic carbocycles. The fourth-order valence-corrected chi connectivity index (χ4v) is 4.03. The van der Waals surface area contributed by atoms with E-state index in [4.69, 9.17) is 23.2 Å². The lowest BCUT2D eigenvalue weighted by atomic mass is 10.2. The van der Waals surface area contributed by atoms with E-state index < -0.39 is 30.6 Å². The number of alkyl halides is 3. The van der Waals surface area contributed by atoms with Crippen molar-refractivity contribution in [2.75, 3.05) is 0 Å². The lowest BCUT2D eigenvalue weighted by Gasteiger charge is -2.15. The van der Waals surface area contributed by atoms with Crippen molar-refractivity contribution in [2.45, 2.75) is 45.3 Å². The summed E-state index contributed by atoms with van der Waals surface area (Å²) in [5.41, 5.74) is -0.643. The molecule has 3 heterocycles. The predicted molar refractivity (Wildman–Crippen MR) is 134 cm³/mol. The van der Waals surface area contributed by atoms with Gasteiger partial charge in [0.05, 0.1) is 17.6 Å². The van der Waals surface area contributed by atoms with Crippen molar-refractivity contribution in [2.24, 2.45) is 0 Å². The SMILES string of the molecule is CC(=O)NC(C)c1nc(Cn2nc(-c3ccc(Cl)cc3)n(CC(O)C(F)(F)F)c2=O)nn1-c1ncccc1Cl. The average Bonchev–Trinajstić information content (AvgIpc) is 3.41. The summed E-state index contributed by atoms with van der Waals surface area (Å²) in [6.07, 6.45) is -6.30. The number of amides is 1. The zero-order valence-corrected chi connectivity index (χ0v) is 21.9. The molecule has 1 amide bonds. The lowest BCUT2D eigenvalue weighted by molar-refractivity contribution is -0.207. The van der Waals surface area contributed by atoms with Crippen LogP contribution in [0.25, 0.3) is 17.2 Å². The molecule has 0 spiro atoms. The van der Waals surface area contributed by atoms with Crippen LogP contribution in [0.2, 0.25) is 10.0 Å². The number of pyridine rings is 1. The number of halogens is 5. The first-order valence-corrected chi connectivity index (χ1v) is 12.1. The van der Waals surface area contributed by atoms with E-state index in [1.165, 1.54) is 42.1 Å². The van der Waals surface area contributed by atoms with Gasteiger partial charge < -0.3 is 10.4 Å². The van der Waals surface area contributed by atoms with Crippen LogP contribution in [0.1, 0.15) is 31.5 Å². The van der Waals surface area contributed by atoms with E-state index in [0.29, 0.717) is 10.6 Å². The molecule has 4 aromatic rings. The number of nitrogens with zero attached hydrogens (tertiary/aromatic N) is 7. The van der Waals surface area contributed by atoms with Crippen LogP contribution in [0.3, 0.4) is 0 Å². The van der Waals surface area contributed by atoms with Crippen LogP contribution in [0.15, 0.2) is 47.4 Å². The quantitative estimate of drug-likeness (QED) is 0.325. The second-order valence-electron chi connectivity index (χ2n) is 8.47. The monoisotopic (exact) mass is 584 g/mol. The van der Waals surface area contributed by atoms with Gasteiger partial charge in [-0.15, -0.1) is 10.2 Å². The number of carbonyl (C=O) groups is 1. The third-order valence-corrected chi connectivity index (χ3v) is 6.02. The van der Waals surface area contributed by atoms with Crippen LogP contribution >= 0.6 is 23.2 Å². The molecule has 2 N–H and O–H groups in total. The van der Waals surface area contributed by atoms with E-state index in [9.17, 15) is 27.9 Å². The van der Waals surface area contributed by atoms with Gasteiger partial charge in [-0.2, -0.15) is 17.9 Å². The van der Waals surface area contributed by atoms with Crippen molar-refractivity contribution in [3.05, 3.63) is 74.8 Å². The highest BCUT2D eigenvalue weighted by Crippen LogP contribution is 2.25. The topological polar surface area (TPSA) is 133 Å². The lowest BCUT2D eigenvalue weighted by Crippen LogP contribution is -2.37. The molecule has 11 nitrogen and oxygen atoms in total. The smallest absolute Gasteiger partial charge is 0.382 e. The first-order valence-electron chi connectivity index (χ1n) is 11.4. The molecule has 0 saturated heterocycles. The molecule has 0 bridgehead atoms. The molecule has 206 valence electrons. The molecule has 0 saturated carbocycles. The maximum Gasteiger partial charge on any atom is 0.416 e. The Morgan fingerprint density at radius 2 is 1.85 bits per heavy atom. The predicted octanol–water partition coefficient (Wildman–Crippen LogP) is 3.16. The highest BCUT2D eigenvalue weighted by atomic mass is 35.5. The summed E-state index contributed by atoms with van der Waals surface area (Å²) in [4.78, 5) is 33.5. The Labute approximate surface area is 228 Å². The molecule has 4 rings (SSSR count). The van der Waals surface area contributed by atoms with Gasteiger partial charge in [-0.05, 0) is 43.3 Å². The summed E-state index contributed by atoms with van der Waals surface area (Å²) in [5, 5.41) is 21.6. The number of nitrogens with one attached hydrogen (secondary N) is 1. The number of aliphatic hydroxyl groups is 1. The van der Waals surface area contributed by atoms with Crippen LogP contribution in [0, 0.1) is 0 Å². The number of benzene rings is 1. The van der Waals surface area contributed by atoms with Gasteiger partial charge in [0.15, 0.2) is 29.4 Å². The first-order chi connectivity index (χ1) is 18.3. The fraction of sp³-hybridized carbons (Fsp3) is 0.304. The Kier molecular flexibility index (Phi) is 8.09. The van der Waals surface area contributed by atoms with Gasteiger partial charge >= 0.3 is 11.9 Å². The van der Waals surface area contributed by atoms with Crippen molar-refractivity contribution in [3.8, 4) is 17.2 Å². The number of carbonyl (C=O) groups excluding carboxylic acids is 1. The van der Waals surface area contributed by atoms with E-state index in [1.54, 1.807) is 19.1 Å². The highest BCUT2D eigenvalue weighted by Gasteiger charge is 2.39. The van der Waals surface area contributed by atoms with Crippen LogP contribution < -0.4 is 11.0 Å². The average molecular weight is 585 g/mol. The van der Waals surface area contributed by atoms with Gasteiger partial charge in [0.25, 0.3) is 0 Å². The zero-order chi connectivity index (χ0) is 28.5. The van der Waals surface area contributed by atoms with Gasteiger partial charge in [-0.3, -0.25) is 9.36 Å². The van der Waals surface area contributed by atoms with E-state index in [0.717, 1.165) is 9.25 Å². The second-order valence-corrected chi connectivity index (χ2v) is 9.31. The number of hydrogen-bond acceptors (Lipinski definition) is 7. The Morgan fingerprint density at radius 3 is 2.46 bits per heavy atom. The van der Waals surface area contributed by atoms with E-state index in [-0.39, 0.29) is 40.8 Å². The largest absolute Gasteiger partial charge is 0.416 e. The molecule has 0 aliphatic heterocycles. The van der Waals surface area contributed by atoms with E-state index in [2.05, 4.69) is 25.5 Å². The molecule has 0 fully saturated rings. The maximum absolute atomic E-state index is 13.2. The number of rotatable bonds is 8. The second kappa shape index (κ2) is 11.2. The minimum atomic E-state index is -4.96. The number of aromatic nitrogens is 7. The molecule has 2 atom stereocenters. The third-order valence-electron chi connectivity index (χ3n) is 5.47. The minimum absolute atomic E-state index is 0.0368. The zero-order valence-electron chi connectivity index (χ0n) is 20.4. The summed E-state index contributed by atoms with van der Waals surface area (Å²) in [6, 6.07) is 8.47. The van der Waals surface area contributed by atoms with Crippen LogP contribution in [0.4, 0.5) is 13.2 Å². The van der Waals surface area contributed by atoms with Crippen LogP contribution in [0.5, 0.6) is 0 Å². The highest BCUT2D eigenvalue weighted by molar-refractivity contribution is 6.32. The molecular weight excluding hydrogens is 564 g/mol. The number of hydrogen-bond donors (Lipinski definition) is 2. The third kappa shape index (κ3) is 6.29.